The van der Waals surface area contributed by atoms with Crippen molar-refractivity contribution in [2.24, 2.45) is 0 Å². The molecule has 2 amide bonds. The Balaban J connectivity index is 2.19. The van der Waals surface area contributed by atoms with Crippen molar-refractivity contribution in [2.75, 3.05) is 0 Å². The van der Waals surface area contributed by atoms with E-state index in [9.17, 15) is 9.59 Å². The normalized spacial score (nSPS) is 20.2. The maximum absolute atomic E-state index is 11.9. The van der Waals surface area contributed by atoms with E-state index in [2.05, 4.69) is 5.43 Å². The summed E-state index contributed by atoms with van der Waals surface area (Å²) in [5.41, 5.74) is 3.14. The predicted molar refractivity (Wildman–Crippen MR) is 54.8 cm³/mol. The molecule has 2 rings (SSSR count). The van der Waals surface area contributed by atoms with Crippen LogP contribution in [0.3, 0.4) is 0 Å². The Morgan fingerprint density at radius 2 is 2.07 bits per heavy atom. The summed E-state index contributed by atoms with van der Waals surface area (Å²) in [6, 6.07) is 8.85. The highest BCUT2D eigenvalue weighted by molar-refractivity contribution is 5.97. The number of carbonyl (C=O) groups is 2. The molecule has 1 atom stereocenters. The lowest BCUT2D eigenvalue weighted by Gasteiger charge is -2.20. The molecule has 0 radical (unpaired) electrons. The first-order valence-corrected chi connectivity index (χ1v) is 4.86. The second-order valence-electron chi connectivity index (χ2n) is 3.63. The second kappa shape index (κ2) is 3.73. The molecule has 1 aliphatic rings. The Hall–Kier alpha value is -1.84. The monoisotopic (exact) mass is 204 g/mol. The van der Waals surface area contributed by atoms with Gasteiger partial charge in [0.2, 0.25) is 5.91 Å². The van der Waals surface area contributed by atoms with Gasteiger partial charge in [0.05, 0.1) is 12.5 Å². The first kappa shape index (κ1) is 9.71. The van der Waals surface area contributed by atoms with Crippen LogP contribution in [-0.2, 0) is 4.79 Å². The molecule has 1 N–H and O–H groups in total. The largest absolute Gasteiger partial charge is 0.273 e. The summed E-state index contributed by atoms with van der Waals surface area (Å²) in [6.45, 7) is 1.85. The van der Waals surface area contributed by atoms with E-state index in [0.717, 1.165) is 0 Å². The lowest BCUT2D eigenvalue weighted by molar-refractivity contribution is -0.120. The van der Waals surface area contributed by atoms with E-state index < -0.39 is 0 Å². The molecule has 1 aromatic carbocycles. The van der Waals surface area contributed by atoms with E-state index in [-0.39, 0.29) is 17.9 Å². The summed E-state index contributed by atoms with van der Waals surface area (Å²) in [5.74, 6) is -0.263. The molecule has 0 bridgehead atoms. The molecule has 1 heterocycles. The second-order valence-corrected chi connectivity index (χ2v) is 3.63. The third-order valence-electron chi connectivity index (χ3n) is 2.41. The van der Waals surface area contributed by atoms with Crippen LogP contribution in [0.25, 0.3) is 0 Å². The highest BCUT2D eigenvalue weighted by Crippen LogP contribution is 2.13. The summed E-state index contributed by atoms with van der Waals surface area (Å²) in [5, 5.41) is 1.39. The molecule has 0 aliphatic carbocycles. The molecule has 0 saturated carbocycles. The Bertz CT molecular complexity index is 389. The zero-order valence-electron chi connectivity index (χ0n) is 8.43. The molecular formula is C11H12N2O2. The summed E-state index contributed by atoms with van der Waals surface area (Å²) in [4.78, 5) is 23.0. The van der Waals surface area contributed by atoms with Crippen LogP contribution >= 0.6 is 0 Å². The number of nitrogens with one attached hydrogen (secondary N) is 1. The van der Waals surface area contributed by atoms with Gasteiger partial charge in [-0.25, -0.2) is 5.01 Å². The van der Waals surface area contributed by atoms with Crippen LogP contribution in [0.2, 0.25) is 0 Å². The highest BCUT2D eigenvalue weighted by atomic mass is 16.2. The van der Waals surface area contributed by atoms with Gasteiger partial charge in [0.25, 0.3) is 5.91 Å². The molecule has 1 aromatic rings. The molecule has 78 valence electrons. The van der Waals surface area contributed by atoms with Crippen molar-refractivity contribution < 1.29 is 9.59 Å². The van der Waals surface area contributed by atoms with Crippen molar-refractivity contribution in [1.29, 1.82) is 0 Å². The molecule has 1 saturated heterocycles. The molecule has 15 heavy (non-hydrogen) atoms. The molecule has 0 aromatic heterocycles. The van der Waals surface area contributed by atoms with Gasteiger partial charge in [-0.3, -0.25) is 15.0 Å². The minimum absolute atomic E-state index is 0.0785. The first-order chi connectivity index (χ1) is 7.18. The zero-order chi connectivity index (χ0) is 10.8. The summed E-state index contributed by atoms with van der Waals surface area (Å²) >= 11 is 0. The Kier molecular flexibility index (Phi) is 2.41. The minimum atomic E-state index is -0.158. The molecule has 4 heteroatoms. The van der Waals surface area contributed by atoms with Crippen LogP contribution in [0.4, 0.5) is 0 Å². The van der Waals surface area contributed by atoms with Crippen LogP contribution < -0.4 is 5.43 Å². The van der Waals surface area contributed by atoms with Gasteiger partial charge in [-0.2, -0.15) is 0 Å². The Labute approximate surface area is 87.9 Å². The summed E-state index contributed by atoms with van der Waals surface area (Å²) in [7, 11) is 0. The quantitative estimate of drug-likeness (QED) is 0.740. The first-order valence-electron chi connectivity index (χ1n) is 4.86. The molecular weight excluding hydrogens is 192 g/mol. The topological polar surface area (TPSA) is 49.4 Å². The van der Waals surface area contributed by atoms with Crippen LogP contribution in [0.15, 0.2) is 30.3 Å². The van der Waals surface area contributed by atoms with Crippen LogP contribution in [0.1, 0.15) is 23.7 Å². The standard InChI is InChI=1S/C11H12N2O2/c1-8-7-10(14)12-13(8)11(15)9-5-3-2-4-6-9/h2-6,8H,7H2,1H3,(H,12,14)/t8-/m0/s1. The van der Waals surface area contributed by atoms with E-state index in [1.807, 2.05) is 13.0 Å². The van der Waals surface area contributed by atoms with Gasteiger partial charge in [-0.05, 0) is 19.1 Å². The van der Waals surface area contributed by atoms with Gasteiger partial charge in [0.1, 0.15) is 0 Å². The average Bonchev–Trinajstić information content (AvgIpc) is 2.58. The van der Waals surface area contributed by atoms with Crippen molar-refractivity contribution >= 4 is 11.8 Å². The Morgan fingerprint density at radius 3 is 2.60 bits per heavy atom. The summed E-state index contributed by atoms with van der Waals surface area (Å²) in [6.07, 6.45) is 0.374. The SMILES string of the molecule is C[C@H]1CC(=O)NN1C(=O)c1ccccc1. The number of hydrogen-bond donors (Lipinski definition) is 1. The average molecular weight is 204 g/mol. The lowest BCUT2D eigenvalue weighted by Crippen LogP contribution is -2.42. The number of hydrogen-bond acceptors (Lipinski definition) is 2. The van der Waals surface area contributed by atoms with E-state index in [4.69, 9.17) is 0 Å². The number of rotatable bonds is 1. The fourth-order valence-corrected chi connectivity index (χ4v) is 1.62. The summed E-state index contributed by atoms with van der Waals surface area (Å²) < 4.78 is 0. The number of carbonyl (C=O) groups excluding carboxylic acids is 2. The molecule has 0 spiro atoms. The van der Waals surface area contributed by atoms with Crippen LogP contribution in [0.5, 0.6) is 0 Å². The molecule has 1 fully saturated rings. The maximum Gasteiger partial charge on any atom is 0.272 e. The highest BCUT2D eigenvalue weighted by Gasteiger charge is 2.30. The fraction of sp³-hybridized carbons (Fsp3) is 0.273. The minimum Gasteiger partial charge on any atom is -0.273 e. The number of benzene rings is 1. The van der Waals surface area contributed by atoms with E-state index in [1.54, 1.807) is 24.3 Å². The number of nitrogens with zero attached hydrogens (tertiary/aromatic N) is 1. The van der Waals surface area contributed by atoms with Crippen LogP contribution in [0, 0.1) is 0 Å². The smallest absolute Gasteiger partial charge is 0.272 e. The van der Waals surface area contributed by atoms with Gasteiger partial charge < -0.3 is 0 Å². The fourth-order valence-electron chi connectivity index (χ4n) is 1.62. The Morgan fingerprint density at radius 1 is 1.40 bits per heavy atom. The molecule has 4 nitrogen and oxygen atoms in total. The van der Waals surface area contributed by atoms with Crippen molar-refractivity contribution in [3.63, 3.8) is 0 Å². The zero-order valence-corrected chi connectivity index (χ0v) is 8.43. The third kappa shape index (κ3) is 1.83. The lowest BCUT2D eigenvalue weighted by atomic mass is 10.2. The van der Waals surface area contributed by atoms with Crippen LogP contribution in [-0.4, -0.2) is 22.9 Å². The number of hydrazine groups is 1. The predicted octanol–water partition coefficient (Wildman–Crippen LogP) is 0.952. The van der Waals surface area contributed by atoms with Crippen molar-refractivity contribution in [3.8, 4) is 0 Å². The van der Waals surface area contributed by atoms with Gasteiger partial charge in [-0.1, -0.05) is 18.2 Å². The van der Waals surface area contributed by atoms with Gasteiger partial charge in [0.15, 0.2) is 0 Å². The van der Waals surface area contributed by atoms with Gasteiger partial charge in [-0.15, -0.1) is 0 Å². The van der Waals surface area contributed by atoms with Crippen molar-refractivity contribution in [1.82, 2.24) is 10.4 Å². The van der Waals surface area contributed by atoms with E-state index in [0.29, 0.717) is 12.0 Å². The van der Waals surface area contributed by atoms with Crippen molar-refractivity contribution in [3.05, 3.63) is 35.9 Å². The van der Waals surface area contributed by atoms with Gasteiger partial charge >= 0.3 is 0 Å². The maximum atomic E-state index is 11.9. The number of amides is 2. The molecule has 1 aliphatic heterocycles. The van der Waals surface area contributed by atoms with E-state index >= 15 is 0 Å². The molecule has 0 unspecified atom stereocenters. The third-order valence-corrected chi connectivity index (χ3v) is 2.41. The van der Waals surface area contributed by atoms with Gasteiger partial charge in [0, 0.05) is 5.56 Å². The van der Waals surface area contributed by atoms with Crippen molar-refractivity contribution in [2.45, 2.75) is 19.4 Å². The van der Waals surface area contributed by atoms with E-state index in [1.165, 1.54) is 5.01 Å².